The lowest BCUT2D eigenvalue weighted by molar-refractivity contribution is -0.137. The highest BCUT2D eigenvalue weighted by atomic mass is 35.5. The van der Waals surface area contributed by atoms with E-state index in [0.29, 0.717) is 16.6 Å². The van der Waals surface area contributed by atoms with Crippen molar-refractivity contribution in [2.75, 3.05) is 13.1 Å². The van der Waals surface area contributed by atoms with Gasteiger partial charge >= 0.3 is 0 Å². The summed E-state index contributed by atoms with van der Waals surface area (Å²) >= 11 is 5.90. The zero-order chi connectivity index (χ0) is 18.7. The molecular weight excluding hydrogens is 385 g/mol. The molecule has 2 fully saturated rings. The van der Waals surface area contributed by atoms with Crippen molar-refractivity contribution in [1.82, 2.24) is 15.5 Å². The molecule has 2 amide bonds. The van der Waals surface area contributed by atoms with Crippen LogP contribution >= 0.6 is 24.0 Å². The Hall–Kier alpha value is -1.30. The second kappa shape index (κ2) is 9.76. The first-order chi connectivity index (χ1) is 12.5. The average Bonchev–Trinajstić information content (AvgIpc) is 2.91. The number of rotatable bonds is 5. The van der Waals surface area contributed by atoms with Crippen LogP contribution in [0.15, 0.2) is 24.3 Å². The maximum Gasteiger partial charge on any atom is 0.251 e. The Labute approximate surface area is 172 Å². The van der Waals surface area contributed by atoms with Gasteiger partial charge in [-0.3, -0.25) is 9.59 Å². The van der Waals surface area contributed by atoms with E-state index < -0.39 is 6.04 Å². The van der Waals surface area contributed by atoms with Crippen LogP contribution in [0.2, 0.25) is 5.02 Å². The van der Waals surface area contributed by atoms with Gasteiger partial charge in [0.2, 0.25) is 5.91 Å². The van der Waals surface area contributed by atoms with Gasteiger partial charge in [-0.1, -0.05) is 31.9 Å². The predicted molar refractivity (Wildman–Crippen MR) is 111 cm³/mol. The average molecular weight is 414 g/mol. The third kappa shape index (κ3) is 4.95. The molecule has 2 aliphatic rings. The van der Waals surface area contributed by atoms with Crippen molar-refractivity contribution in [3.05, 3.63) is 34.9 Å². The summed E-state index contributed by atoms with van der Waals surface area (Å²) in [5.74, 6) is -0.0761. The minimum Gasteiger partial charge on any atom is -0.340 e. The lowest BCUT2D eigenvalue weighted by Gasteiger charge is -2.34. The van der Waals surface area contributed by atoms with Gasteiger partial charge in [-0.2, -0.15) is 0 Å². The van der Waals surface area contributed by atoms with E-state index in [4.69, 9.17) is 11.6 Å². The highest BCUT2D eigenvalue weighted by Gasteiger charge is 2.42. The molecule has 0 aliphatic carbocycles. The molecule has 27 heavy (non-hydrogen) atoms. The summed E-state index contributed by atoms with van der Waals surface area (Å²) in [6, 6.07) is 6.80. The lowest BCUT2D eigenvalue weighted by atomic mass is 9.96. The van der Waals surface area contributed by atoms with Gasteiger partial charge in [-0.15, -0.1) is 12.4 Å². The molecule has 7 heteroatoms. The van der Waals surface area contributed by atoms with Gasteiger partial charge < -0.3 is 15.5 Å². The molecular formula is C20H29Cl2N3O2. The molecule has 4 unspecified atom stereocenters. The fourth-order valence-corrected chi connectivity index (χ4v) is 4.14. The van der Waals surface area contributed by atoms with Gasteiger partial charge in [-0.25, -0.2) is 0 Å². The molecule has 2 N–H and O–H groups in total. The van der Waals surface area contributed by atoms with Crippen molar-refractivity contribution in [2.45, 2.75) is 57.7 Å². The molecule has 2 bridgehead atoms. The number of nitrogens with one attached hydrogen (secondary N) is 2. The predicted octanol–water partition coefficient (Wildman–Crippen LogP) is 3.26. The third-order valence-electron chi connectivity index (χ3n) is 5.78. The second-order valence-corrected chi connectivity index (χ2v) is 7.90. The molecule has 3 rings (SSSR count). The fourth-order valence-electron chi connectivity index (χ4n) is 4.01. The van der Waals surface area contributed by atoms with E-state index in [1.165, 1.54) is 0 Å². The number of benzene rings is 1. The molecule has 2 aliphatic heterocycles. The van der Waals surface area contributed by atoms with Gasteiger partial charge in [0, 0.05) is 29.2 Å². The first-order valence-electron chi connectivity index (χ1n) is 9.60. The van der Waals surface area contributed by atoms with Crippen LogP contribution in [0, 0.1) is 5.92 Å². The van der Waals surface area contributed by atoms with E-state index in [1.54, 1.807) is 24.3 Å². The van der Waals surface area contributed by atoms with Gasteiger partial charge in [0.15, 0.2) is 0 Å². The molecule has 0 spiro atoms. The standard InChI is InChI=1S/C20H28ClN3O2.ClH/c1-3-13(2)18(23-19(25)14-4-6-15(21)7-5-14)20(26)24-16-8-9-17(24)12-22-11-10-16;/h4-7,13,16-18,22H,3,8-12H2,1-2H3,(H,23,25);1H. The van der Waals surface area contributed by atoms with E-state index in [-0.39, 0.29) is 36.2 Å². The Morgan fingerprint density at radius 1 is 1.22 bits per heavy atom. The number of halogens is 2. The fraction of sp³-hybridized carbons (Fsp3) is 0.600. The number of carbonyl (C=O) groups excluding carboxylic acids is 2. The monoisotopic (exact) mass is 413 g/mol. The van der Waals surface area contributed by atoms with E-state index in [2.05, 4.69) is 22.5 Å². The smallest absolute Gasteiger partial charge is 0.251 e. The van der Waals surface area contributed by atoms with Crippen molar-refractivity contribution >= 4 is 35.8 Å². The largest absolute Gasteiger partial charge is 0.340 e. The van der Waals surface area contributed by atoms with Crippen LogP contribution in [-0.2, 0) is 4.79 Å². The molecule has 2 saturated heterocycles. The minimum atomic E-state index is -0.496. The maximum atomic E-state index is 13.4. The summed E-state index contributed by atoms with van der Waals surface area (Å²) in [6.45, 7) is 5.89. The van der Waals surface area contributed by atoms with Gasteiger partial charge in [0.25, 0.3) is 5.91 Å². The molecule has 0 saturated carbocycles. The van der Waals surface area contributed by atoms with Crippen LogP contribution in [0.5, 0.6) is 0 Å². The van der Waals surface area contributed by atoms with Gasteiger partial charge in [0.05, 0.1) is 0 Å². The zero-order valence-corrected chi connectivity index (χ0v) is 17.5. The van der Waals surface area contributed by atoms with Gasteiger partial charge in [-0.05, 0) is 56.0 Å². The van der Waals surface area contributed by atoms with Crippen LogP contribution in [-0.4, -0.2) is 47.9 Å². The van der Waals surface area contributed by atoms with E-state index in [0.717, 1.165) is 38.8 Å². The Balaban J connectivity index is 0.00000261. The Bertz CT molecular complexity index is 639. The highest BCUT2D eigenvalue weighted by molar-refractivity contribution is 6.30. The molecule has 4 atom stereocenters. The maximum absolute atomic E-state index is 13.4. The highest BCUT2D eigenvalue weighted by Crippen LogP contribution is 2.29. The van der Waals surface area contributed by atoms with Crippen LogP contribution in [0.3, 0.4) is 0 Å². The Kier molecular flexibility index (Phi) is 7.95. The number of fused-ring (bicyclic) bond motifs is 2. The summed E-state index contributed by atoms with van der Waals surface area (Å²) in [7, 11) is 0. The van der Waals surface area contributed by atoms with Crippen molar-refractivity contribution in [2.24, 2.45) is 5.92 Å². The molecule has 0 aromatic heterocycles. The minimum absolute atomic E-state index is 0. The molecule has 1 aromatic rings. The molecule has 150 valence electrons. The van der Waals surface area contributed by atoms with E-state index >= 15 is 0 Å². The first-order valence-corrected chi connectivity index (χ1v) is 9.98. The SMILES string of the molecule is CCC(C)C(NC(=O)c1ccc(Cl)cc1)C(=O)N1C2CCNCC1CC2.Cl. The summed E-state index contributed by atoms with van der Waals surface area (Å²) < 4.78 is 0. The first kappa shape index (κ1) is 22.0. The summed E-state index contributed by atoms with van der Waals surface area (Å²) in [6.07, 6.45) is 3.93. The number of amides is 2. The summed E-state index contributed by atoms with van der Waals surface area (Å²) in [5.41, 5.74) is 0.524. The Morgan fingerprint density at radius 2 is 1.89 bits per heavy atom. The topological polar surface area (TPSA) is 61.4 Å². The van der Waals surface area contributed by atoms with Crippen molar-refractivity contribution < 1.29 is 9.59 Å². The number of hydrogen-bond acceptors (Lipinski definition) is 3. The van der Waals surface area contributed by atoms with Crippen LogP contribution in [0.4, 0.5) is 0 Å². The molecule has 1 aromatic carbocycles. The van der Waals surface area contributed by atoms with Crippen LogP contribution in [0.1, 0.15) is 49.9 Å². The third-order valence-corrected chi connectivity index (χ3v) is 6.03. The summed E-state index contributed by atoms with van der Waals surface area (Å²) in [4.78, 5) is 28.1. The van der Waals surface area contributed by atoms with Crippen molar-refractivity contribution in [1.29, 1.82) is 0 Å². The number of carbonyl (C=O) groups is 2. The molecule has 2 heterocycles. The van der Waals surface area contributed by atoms with Crippen LogP contribution in [0.25, 0.3) is 0 Å². The van der Waals surface area contributed by atoms with Crippen LogP contribution < -0.4 is 10.6 Å². The lowest BCUT2D eigenvalue weighted by Crippen LogP contribution is -2.55. The van der Waals surface area contributed by atoms with E-state index in [9.17, 15) is 9.59 Å². The second-order valence-electron chi connectivity index (χ2n) is 7.47. The quantitative estimate of drug-likeness (QED) is 0.778. The zero-order valence-electron chi connectivity index (χ0n) is 15.9. The molecule has 0 radical (unpaired) electrons. The van der Waals surface area contributed by atoms with Crippen molar-refractivity contribution in [3.8, 4) is 0 Å². The normalized spacial score (nSPS) is 23.7. The van der Waals surface area contributed by atoms with E-state index in [1.807, 2.05) is 6.92 Å². The summed E-state index contributed by atoms with van der Waals surface area (Å²) in [5, 5.41) is 7.01. The Morgan fingerprint density at radius 3 is 2.56 bits per heavy atom. The van der Waals surface area contributed by atoms with Crippen molar-refractivity contribution in [3.63, 3.8) is 0 Å². The molecule has 5 nitrogen and oxygen atoms in total. The number of nitrogens with zero attached hydrogens (tertiary/aromatic N) is 1. The van der Waals surface area contributed by atoms with Gasteiger partial charge in [0.1, 0.15) is 6.04 Å². The number of hydrogen-bond donors (Lipinski definition) is 2.